The minimum Gasteiger partial charge on any atom is -0.390 e. The van der Waals surface area contributed by atoms with Crippen molar-refractivity contribution < 1.29 is 5.11 Å². The molecule has 0 saturated carbocycles. The Bertz CT molecular complexity index is 963. The smallest absolute Gasteiger partial charge is 0.153 e. The highest BCUT2D eigenvalue weighted by atomic mass is 35.5. The second-order valence-electron chi connectivity index (χ2n) is 7.92. The monoisotopic (exact) mass is 433 g/mol. The van der Waals surface area contributed by atoms with Crippen LogP contribution in [-0.4, -0.2) is 34.2 Å². The molecule has 1 atom stereocenters. The summed E-state index contributed by atoms with van der Waals surface area (Å²) in [4.78, 5) is 11.6. The normalized spacial score (nSPS) is 17.1. The van der Waals surface area contributed by atoms with Gasteiger partial charge >= 0.3 is 0 Å². The minimum atomic E-state index is -0.238. The van der Waals surface area contributed by atoms with Crippen LogP contribution in [0.25, 0.3) is 11.3 Å². The van der Waals surface area contributed by atoms with Gasteiger partial charge in [-0.3, -0.25) is 0 Å². The van der Waals surface area contributed by atoms with Crippen LogP contribution in [0.5, 0.6) is 0 Å². The van der Waals surface area contributed by atoms with Crippen LogP contribution in [0.15, 0.2) is 12.1 Å². The maximum Gasteiger partial charge on any atom is 0.153 e. The number of hydrogen-bond donors (Lipinski definition) is 2. The van der Waals surface area contributed by atoms with E-state index in [2.05, 4.69) is 23.7 Å². The zero-order chi connectivity index (χ0) is 21.3. The van der Waals surface area contributed by atoms with Gasteiger partial charge in [-0.25, -0.2) is 9.97 Å². The van der Waals surface area contributed by atoms with E-state index in [1.165, 1.54) is 0 Å². The molecular formula is C21H25Cl2N5O. The molecule has 1 aliphatic heterocycles. The number of nitrogens with two attached hydrogens (primary N) is 1. The van der Waals surface area contributed by atoms with Crippen LogP contribution in [0.3, 0.4) is 0 Å². The second-order valence-corrected chi connectivity index (χ2v) is 8.67. The quantitative estimate of drug-likeness (QED) is 0.753. The van der Waals surface area contributed by atoms with Gasteiger partial charge < -0.3 is 15.7 Å². The predicted octanol–water partition coefficient (Wildman–Crippen LogP) is 4.08. The number of piperidine rings is 1. The molecule has 1 fully saturated rings. The molecule has 3 N–H and O–H groups in total. The van der Waals surface area contributed by atoms with Crippen LogP contribution < -0.4 is 10.6 Å². The van der Waals surface area contributed by atoms with E-state index in [-0.39, 0.29) is 28.1 Å². The second kappa shape index (κ2) is 8.45. The third-order valence-corrected chi connectivity index (χ3v) is 6.92. The number of aromatic nitrogens is 2. The van der Waals surface area contributed by atoms with Crippen molar-refractivity contribution >= 4 is 29.0 Å². The molecule has 0 aliphatic carbocycles. The van der Waals surface area contributed by atoms with Crippen LogP contribution in [0.4, 0.5) is 5.82 Å². The van der Waals surface area contributed by atoms with E-state index in [9.17, 15) is 5.11 Å². The largest absolute Gasteiger partial charge is 0.390 e. The summed E-state index contributed by atoms with van der Waals surface area (Å²) in [6.45, 7) is 7.51. The van der Waals surface area contributed by atoms with E-state index in [4.69, 9.17) is 39.2 Å². The maximum absolute atomic E-state index is 9.96. The molecule has 2 aromatic rings. The van der Waals surface area contributed by atoms with Gasteiger partial charge in [0.2, 0.25) is 0 Å². The Morgan fingerprint density at radius 3 is 2.48 bits per heavy atom. The Kier molecular flexibility index (Phi) is 6.35. The number of aliphatic hydroxyl groups excluding tert-OH is 1. The molecule has 0 bridgehead atoms. The number of anilines is 1. The van der Waals surface area contributed by atoms with E-state index >= 15 is 0 Å². The summed E-state index contributed by atoms with van der Waals surface area (Å²) in [5, 5.41) is 19.5. The van der Waals surface area contributed by atoms with E-state index in [1.807, 2.05) is 13.0 Å². The molecule has 1 saturated heterocycles. The first kappa shape index (κ1) is 21.8. The average Bonchev–Trinajstić information content (AvgIpc) is 2.70. The van der Waals surface area contributed by atoms with Gasteiger partial charge in [-0.1, -0.05) is 30.1 Å². The number of nitrogens with zero attached hydrogens (tertiary/aromatic N) is 4. The molecule has 6 nitrogen and oxygen atoms in total. The van der Waals surface area contributed by atoms with Crippen molar-refractivity contribution in [3.8, 4) is 17.3 Å². The number of hydrogen-bond acceptors (Lipinski definition) is 6. The molecule has 3 rings (SSSR count). The lowest BCUT2D eigenvalue weighted by molar-refractivity contribution is 0.204. The van der Waals surface area contributed by atoms with Gasteiger partial charge in [-0.15, -0.1) is 0 Å². The molecule has 0 spiro atoms. The fourth-order valence-electron chi connectivity index (χ4n) is 3.66. The van der Waals surface area contributed by atoms with E-state index < -0.39 is 0 Å². The molecule has 1 aromatic carbocycles. The van der Waals surface area contributed by atoms with Gasteiger partial charge in [0.05, 0.1) is 33.6 Å². The summed E-state index contributed by atoms with van der Waals surface area (Å²) in [7, 11) is 0. The first-order valence-corrected chi connectivity index (χ1v) is 10.3. The highest BCUT2D eigenvalue weighted by Gasteiger charge is 2.34. The van der Waals surface area contributed by atoms with Crippen molar-refractivity contribution in [3.63, 3.8) is 0 Å². The molecule has 1 aromatic heterocycles. The van der Waals surface area contributed by atoms with E-state index in [0.717, 1.165) is 25.9 Å². The number of benzene rings is 1. The van der Waals surface area contributed by atoms with Gasteiger partial charge in [-0.05, 0) is 44.2 Å². The average molecular weight is 434 g/mol. The predicted molar refractivity (Wildman–Crippen MR) is 116 cm³/mol. The van der Waals surface area contributed by atoms with Crippen molar-refractivity contribution in [2.45, 2.75) is 46.3 Å². The molecule has 154 valence electrons. The Balaban J connectivity index is 1.98. The van der Waals surface area contributed by atoms with Crippen molar-refractivity contribution in [2.75, 3.05) is 18.0 Å². The van der Waals surface area contributed by atoms with Gasteiger partial charge in [0.25, 0.3) is 0 Å². The molecule has 1 unspecified atom stereocenters. The molecule has 0 radical (unpaired) electrons. The summed E-state index contributed by atoms with van der Waals surface area (Å²) in [6, 6.07) is 5.45. The zero-order valence-corrected chi connectivity index (χ0v) is 18.3. The van der Waals surface area contributed by atoms with Crippen molar-refractivity contribution in [1.29, 1.82) is 5.26 Å². The molecule has 1 aliphatic rings. The summed E-state index contributed by atoms with van der Waals surface area (Å²) in [6.07, 6.45) is 1.91. The highest BCUT2D eigenvalue weighted by molar-refractivity contribution is 6.44. The van der Waals surface area contributed by atoms with Gasteiger partial charge in [0, 0.05) is 24.7 Å². The number of aryl methyl sites for hydroxylation is 1. The molecule has 0 amide bonds. The lowest BCUT2D eigenvalue weighted by atomic mass is 9.75. The third kappa shape index (κ3) is 4.06. The summed E-state index contributed by atoms with van der Waals surface area (Å²) < 4.78 is 0. The standard InChI is InChI=1S/C21H25Cl2N5O/c1-12-19(15-5-4-14(10-24)17(22)18(15)23)27-16(11-29)20(26-12)28-8-6-21(3,7-9-28)13(2)25/h4-5,13,29H,6-9,11,25H2,1-3H3. The van der Waals surface area contributed by atoms with Crippen LogP contribution >= 0.6 is 23.2 Å². The summed E-state index contributed by atoms with van der Waals surface area (Å²) >= 11 is 12.6. The van der Waals surface area contributed by atoms with Crippen LogP contribution in [0.1, 0.15) is 43.6 Å². The van der Waals surface area contributed by atoms with Crippen molar-refractivity contribution in [3.05, 3.63) is 39.1 Å². The zero-order valence-electron chi connectivity index (χ0n) is 16.8. The first-order valence-electron chi connectivity index (χ1n) is 9.59. The minimum absolute atomic E-state index is 0.102. The van der Waals surface area contributed by atoms with Gasteiger partial charge in [0.15, 0.2) is 5.82 Å². The first-order chi connectivity index (χ1) is 13.7. The Hall–Kier alpha value is -1.91. The lowest BCUT2D eigenvalue weighted by Gasteiger charge is -2.42. The third-order valence-electron chi connectivity index (χ3n) is 6.03. The fraction of sp³-hybridized carbons (Fsp3) is 0.476. The van der Waals surface area contributed by atoms with Crippen LogP contribution in [0, 0.1) is 23.7 Å². The van der Waals surface area contributed by atoms with Crippen molar-refractivity contribution in [2.24, 2.45) is 11.1 Å². The molecule has 2 heterocycles. The maximum atomic E-state index is 9.96. The van der Waals surface area contributed by atoms with Gasteiger partial charge in [-0.2, -0.15) is 5.26 Å². The fourth-order valence-corrected chi connectivity index (χ4v) is 4.12. The van der Waals surface area contributed by atoms with Crippen LogP contribution in [0.2, 0.25) is 10.0 Å². The molecular weight excluding hydrogens is 409 g/mol. The number of aliphatic hydroxyl groups is 1. The number of nitriles is 1. The lowest BCUT2D eigenvalue weighted by Crippen LogP contribution is -2.47. The SMILES string of the molecule is Cc1nc(N2CCC(C)(C(C)N)CC2)c(CO)nc1-c1ccc(C#N)c(Cl)c1Cl. The molecule has 29 heavy (non-hydrogen) atoms. The summed E-state index contributed by atoms with van der Waals surface area (Å²) in [5.41, 5.74) is 8.88. The Labute approximate surface area is 181 Å². The van der Waals surface area contributed by atoms with Crippen LogP contribution in [-0.2, 0) is 6.61 Å². The number of rotatable bonds is 4. The topological polar surface area (TPSA) is 99.1 Å². The summed E-state index contributed by atoms with van der Waals surface area (Å²) in [5.74, 6) is 0.691. The Morgan fingerprint density at radius 1 is 1.28 bits per heavy atom. The number of halogens is 2. The van der Waals surface area contributed by atoms with E-state index in [0.29, 0.717) is 34.0 Å². The molecule has 8 heteroatoms. The van der Waals surface area contributed by atoms with Crippen molar-refractivity contribution in [1.82, 2.24) is 9.97 Å². The Morgan fingerprint density at radius 2 is 1.93 bits per heavy atom. The van der Waals surface area contributed by atoms with Gasteiger partial charge in [0.1, 0.15) is 11.8 Å². The highest BCUT2D eigenvalue weighted by Crippen LogP contribution is 2.38. The van der Waals surface area contributed by atoms with E-state index in [1.54, 1.807) is 12.1 Å².